The third-order valence-corrected chi connectivity index (χ3v) is 1.39. The maximum atomic E-state index is 10.1. The van der Waals surface area contributed by atoms with E-state index in [1.165, 1.54) is 12.1 Å². The average molecular weight is 195 g/mol. The Morgan fingerprint density at radius 2 is 1.67 bits per heavy atom. The summed E-state index contributed by atoms with van der Waals surface area (Å²) in [7, 11) is -4.89. The fourth-order valence-corrected chi connectivity index (χ4v) is 0.990. The molecule has 1 rings (SSSR count). The largest absolute Gasteiger partial charge is 1.00 e. The fourth-order valence-electron chi connectivity index (χ4n) is 0.610. The number of rotatable bonds is 2. The Hall–Kier alpha value is 0.170. The van der Waals surface area contributed by atoms with E-state index < -0.39 is 7.82 Å². The van der Waals surface area contributed by atoms with Crippen molar-refractivity contribution in [3.05, 3.63) is 30.3 Å². The number of phosphoric acid groups is 1. The molecule has 0 aliphatic rings. The van der Waals surface area contributed by atoms with Gasteiger partial charge in [0.25, 0.3) is 0 Å². The molecule has 0 heterocycles. The summed E-state index contributed by atoms with van der Waals surface area (Å²) in [5.41, 5.74) is 0. The van der Waals surface area contributed by atoms with Crippen molar-refractivity contribution in [1.82, 2.24) is 0 Å². The molecule has 0 N–H and O–H groups in total. The molecule has 6 heteroatoms. The predicted molar refractivity (Wildman–Crippen MR) is 34.7 cm³/mol. The van der Waals surface area contributed by atoms with Crippen molar-refractivity contribution in [3.8, 4) is 5.75 Å². The second-order valence-corrected chi connectivity index (χ2v) is 2.93. The zero-order valence-corrected chi connectivity index (χ0v) is 9.36. The second kappa shape index (κ2) is 5.02. The Balaban J connectivity index is 0.00000121. The molecule has 0 amide bonds. The summed E-state index contributed by atoms with van der Waals surface area (Å²) in [6, 6.07) is 7.62. The Labute approximate surface area is 92.1 Å². The molecule has 1 aromatic rings. The fraction of sp³-hybridized carbons (Fsp3) is 0. The van der Waals surface area contributed by atoms with Crippen LogP contribution in [-0.4, -0.2) is 0 Å². The minimum atomic E-state index is -4.89. The van der Waals surface area contributed by atoms with Crippen LogP contribution in [0.4, 0.5) is 0 Å². The number of hydrogen-bond acceptors (Lipinski definition) is 4. The van der Waals surface area contributed by atoms with E-state index in [0.717, 1.165) is 0 Å². The molecule has 0 aliphatic carbocycles. The quantitative estimate of drug-likeness (QED) is 0.370. The van der Waals surface area contributed by atoms with Crippen molar-refractivity contribution < 1.29 is 48.4 Å². The molecule has 0 atom stereocenters. The van der Waals surface area contributed by atoms with E-state index in [2.05, 4.69) is 4.52 Å². The maximum Gasteiger partial charge on any atom is 1.00 e. The monoisotopic (exact) mass is 195 g/mol. The summed E-state index contributed by atoms with van der Waals surface area (Å²) in [6.45, 7) is 0. The topological polar surface area (TPSA) is 72.4 Å². The van der Waals surface area contributed by atoms with E-state index in [-0.39, 0.29) is 35.3 Å². The first-order valence-corrected chi connectivity index (χ1v) is 4.31. The van der Waals surface area contributed by atoms with Gasteiger partial charge in [0.1, 0.15) is 13.6 Å². The van der Waals surface area contributed by atoms with Gasteiger partial charge < -0.3 is 18.9 Å². The zero-order valence-electron chi connectivity index (χ0n) is 6.47. The molecule has 0 fully saturated rings. The van der Waals surface area contributed by atoms with Gasteiger partial charge in [-0.3, -0.25) is 0 Å². The molecule has 60 valence electrons. The first-order chi connectivity index (χ1) is 5.08. The predicted octanol–water partition coefficient (Wildman–Crippen LogP) is -3.10. The van der Waals surface area contributed by atoms with Crippen molar-refractivity contribution >= 4 is 7.82 Å². The van der Waals surface area contributed by atoms with Crippen molar-refractivity contribution in [1.29, 1.82) is 0 Å². The minimum Gasteiger partial charge on any atom is -0.780 e. The number of para-hydroxylation sites is 1. The standard InChI is InChI=1S/C6H7O4P.Na/c7-11(8,9)10-6-4-2-1-3-5-6;/h1-5H,(H2,7,8,9);/q;+1/p-2. The van der Waals surface area contributed by atoms with E-state index in [1.807, 2.05) is 0 Å². The van der Waals surface area contributed by atoms with Gasteiger partial charge in [0, 0.05) is 0 Å². The summed E-state index contributed by atoms with van der Waals surface area (Å²) in [4.78, 5) is 20.1. The maximum absolute atomic E-state index is 10.1. The van der Waals surface area contributed by atoms with Gasteiger partial charge in [0.05, 0.1) is 0 Å². The van der Waals surface area contributed by atoms with Gasteiger partial charge in [-0.15, -0.1) is 0 Å². The van der Waals surface area contributed by atoms with Gasteiger partial charge in [0.15, 0.2) is 0 Å². The summed E-state index contributed by atoms with van der Waals surface area (Å²) < 4.78 is 14.1. The Morgan fingerprint density at radius 1 is 1.17 bits per heavy atom. The SMILES string of the molecule is O=P([O-])([O-])Oc1ccccc1.[Na+]. The molecule has 0 unspecified atom stereocenters. The molecule has 0 saturated heterocycles. The van der Waals surface area contributed by atoms with Gasteiger partial charge in [-0.25, -0.2) is 0 Å². The van der Waals surface area contributed by atoms with Crippen LogP contribution in [0.1, 0.15) is 0 Å². The van der Waals surface area contributed by atoms with Gasteiger partial charge in [-0.2, -0.15) is 0 Å². The first-order valence-electron chi connectivity index (χ1n) is 2.85. The molecule has 0 saturated carbocycles. The summed E-state index contributed by atoms with van der Waals surface area (Å²) >= 11 is 0. The van der Waals surface area contributed by atoms with E-state index >= 15 is 0 Å². The molecule has 4 nitrogen and oxygen atoms in total. The Bertz CT molecular complexity index is 270. The third-order valence-electron chi connectivity index (χ3n) is 0.960. The molecule has 0 bridgehead atoms. The summed E-state index contributed by atoms with van der Waals surface area (Å²) in [5.74, 6) is 0.0424. The smallest absolute Gasteiger partial charge is 0.780 e. The van der Waals surface area contributed by atoms with Crippen molar-refractivity contribution in [2.75, 3.05) is 0 Å². The second-order valence-electron chi connectivity index (χ2n) is 1.85. The molecule has 0 spiro atoms. The Morgan fingerprint density at radius 3 is 2.08 bits per heavy atom. The molecule has 12 heavy (non-hydrogen) atoms. The van der Waals surface area contributed by atoms with Crippen molar-refractivity contribution in [2.45, 2.75) is 0 Å². The van der Waals surface area contributed by atoms with Crippen LogP contribution in [0.25, 0.3) is 0 Å². The van der Waals surface area contributed by atoms with Crippen LogP contribution in [0.2, 0.25) is 0 Å². The van der Waals surface area contributed by atoms with E-state index in [1.54, 1.807) is 18.2 Å². The van der Waals surface area contributed by atoms with Crippen LogP contribution in [0.15, 0.2) is 30.3 Å². The summed E-state index contributed by atoms with van der Waals surface area (Å²) in [6.07, 6.45) is 0. The van der Waals surface area contributed by atoms with Gasteiger partial charge >= 0.3 is 29.6 Å². The van der Waals surface area contributed by atoms with E-state index in [4.69, 9.17) is 0 Å². The zero-order chi connectivity index (χ0) is 8.32. The molecule has 0 aromatic heterocycles. The molecular weight excluding hydrogens is 190 g/mol. The van der Waals surface area contributed by atoms with Crippen molar-refractivity contribution in [3.63, 3.8) is 0 Å². The van der Waals surface area contributed by atoms with Crippen LogP contribution in [0.5, 0.6) is 5.75 Å². The third kappa shape index (κ3) is 4.93. The van der Waals surface area contributed by atoms with Crippen LogP contribution in [0.3, 0.4) is 0 Å². The summed E-state index contributed by atoms with van der Waals surface area (Å²) in [5, 5.41) is 0. The van der Waals surface area contributed by atoms with Gasteiger partial charge in [0.2, 0.25) is 0 Å². The molecular formula is C6H5NaO4P-. The van der Waals surface area contributed by atoms with Crippen LogP contribution >= 0.6 is 7.82 Å². The van der Waals surface area contributed by atoms with Crippen LogP contribution in [-0.2, 0) is 4.57 Å². The number of benzene rings is 1. The molecule has 0 aliphatic heterocycles. The Kier molecular flexibility index (Phi) is 5.09. The first kappa shape index (κ1) is 12.2. The van der Waals surface area contributed by atoms with Crippen LogP contribution < -0.4 is 43.9 Å². The normalized spacial score (nSPS) is 10.2. The van der Waals surface area contributed by atoms with Crippen molar-refractivity contribution in [2.24, 2.45) is 0 Å². The van der Waals surface area contributed by atoms with Crippen LogP contribution in [0, 0.1) is 0 Å². The molecule has 0 radical (unpaired) electrons. The number of phosphoric ester groups is 1. The van der Waals surface area contributed by atoms with E-state index in [9.17, 15) is 14.4 Å². The van der Waals surface area contributed by atoms with E-state index in [0.29, 0.717) is 0 Å². The minimum absolute atomic E-state index is 0. The average Bonchev–Trinajstić information content (AvgIpc) is 1.85. The number of hydrogen-bond donors (Lipinski definition) is 0. The van der Waals surface area contributed by atoms with Gasteiger partial charge in [-0.1, -0.05) is 18.2 Å². The molecule has 1 aromatic carbocycles. The van der Waals surface area contributed by atoms with Gasteiger partial charge in [-0.05, 0) is 12.1 Å².